The Morgan fingerprint density at radius 2 is 0.739 bits per heavy atom. The molecule has 18 aromatic rings. The van der Waals surface area contributed by atoms with Crippen LogP contribution < -0.4 is 0 Å². The van der Waals surface area contributed by atoms with Gasteiger partial charge in [0.05, 0.1) is 40.3 Å². The van der Waals surface area contributed by atoms with Gasteiger partial charge in [0.2, 0.25) is 0 Å². The van der Waals surface area contributed by atoms with Crippen LogP contribution in [0.4, 0.5) is 22.7 Å². The van der Waals surface area contributed by atoms with Crippen molar-refractivity contribution < 1.29 is 40.1 Å². The van der Waals surface area contributed by atoms with Crippen LogP contribution in [0.25, 0.3) is 162 Å². The summed E-state index contributed by atoms with van der Waals surface area (Å²) in [5.41, 5.74) is 26.7. The quantitative estimate of drug-likeness (QED) is 0.0927. The second-order valence-corrected chi connectivity index (χ2v) is 36.3. The summed E-state index contributed by atoms with van der Waals surface area (Å²) < 4.78 is 15.2. The maximum absolute atomic E-state index is 11.5. The zero-order chi connectivity index (χ0) is 82.1. The normalized spacial score (nSPS) is 12.1. The number of benzene rings is 14. The van der Waals surface area contributed by atoms with Crippen LogP contribution in [0.15, 0.2) is 292 Å². The first-order valence-electron chi connectivity index (χ1n) is 39.5. The number of nitrogens with zero attached hydrogens (tertiary/aromatic N) is 6. The molecule has 0 saturated heterocycles. The van der Waals surface area contributed by atoms with E-state index >= 15 is 0 Å². The number of aliphatic imine (C=N–C) groups is 2. The van der Waals surface area contributed by atoms with E-state index in [1.807, 2.05) is 127 Å². The zero-order valence-electron chi connectivity index (χ0n) is 68.2. The maximum atomic E-state index is 11.5. The first kappa shape index (κ1) is 79.9. The maximum Gasteiger partial charge on any atom is 0.187 e. The van der Waals surface area contributed by atoms with Gasteiger partial charge < -0.3 is 19.0 Å². The van der Waals surface area contributed by atoms with E-state index in [1.165, 1.54) is 0 Å². The fourth-order valence-corrected chi connectivity index (χ4v) is 17.5. The Balaban J connectivity index is 0.000000176. The molecule has 0 unspecified atom stereocenters. The predicted octanol–water partition coefficient (Wildman–Crippen LogP) is 30.7. The smallest absolute Gasteiger partial charge is 0.187 e. The molecule has 0 bridgehead atoms. The van der Waals surface area contributed by atoms with E-state index in [-0.39, 0.29) is 54.2 Å². The average molecular weight is 1770 g/mol. The molecule has 18 rings (SSSR count). The van der Waals surface area contributed by atoms with E-state index in [0.717, 1.165) is 186 Å². The minimum absolute atomic E-state index is 0. The van der Waals surface area contributed by atoms with Gasteiger partial charge in [0.25, 0.3) is 0 Å². The monoisotopic (exact) mass is 1760 g/mol. The number of phenols is 2. The number of fused-ring (bicyclic) bond motifs is 8. The molecule has 586 valence electrons. The van der Waals surface area contributed by atoms with Gasteiger partial charge in [-0.3, -0.25) is 9.98 Å². The minimum Gasteiger partial charge on any atom is -0.507 e. The molecule has 0 aliphatic heterocycles. The molecule has 4 heterocycles. The van der Waals surface area contributed by atoms with Crippen molar-refractivity contribution in [1.82, 2.24) is 9.97 Å². The van der Waals surface area contributed by atoms with E-state index < -0.39 is 0 Å². The van der Waals surface area contributed by atoms with E-state index in [0.29, 0.717) is 22.5 Å². The summed E-state index contributed by atoms with van der Waals surface area (Å²) in [6, 6.07) is 96.2. The van der Waals surface area contributed by atoms with Crippen molar-refractivity contribution in [3.05, 3.63) is 335 Å². The van der Waals surface area contributed by atoms with Gasteiger partial charge in [0.1, 0.15) is 38.3 Å². The van der Waals surface area contributed by atoms with Crippen LogP contribution in [-0.4, -0.2) is 32.6 Å². The standard InChI is InChI=1S/C53H43N3O2S.C53H42N3O2S.Pt/c2*1-52(2,3)37-27-36(49(57)44(30-37)53(4,5)6)31-55-45-17-10-8-14-42(45)51-56-48-43(41-16-12-15-40-39-13-9-11-18-46(39)58-50(40)41)28-35(29-47(48)59-51)34-21-19-32(20-22-34)33-23-25-38(54-7)26-24-33;/h8-31,57H,1-6H3;8-15,17-31,57H,1-6H3;/q;-1;. The molecule has 14 aromatic carbocycles. The number of furan rings is 2. The van der Waals surface area contributed by atoms with E-state index in [1.54, 1.807) is 35.1 Å². The van der Waals surface area contributed by atoms with Crippen molar-refractivity contribution in [2.45, 2.75) is 105 Å². The Morgan fingerprint density at radius 3 is 1.18 bits per heavy atom. The van der Waals surface area contributed by atoms with Crippen LogP contribution >= 0.6 is 22.7 Å². The number of hydrogen-bond donors (Lipinski definition) is 2. The average Bonchev–Trinajstić information content (AvgIpc) is 1.62. The molecule has 0 radical (unpaired) electrons. The third-order valence-corrected chi connectivity index (χ3v) is 24.0. The number of thiazole rings is 2. The molecule has 0 amide bonds. The first-order chi connectivity index (χ1) is 56.7. The van der Waals surface area contributed by atoms with Crippen molar-refractivity contribution in [3.63, 3.8) is 0 Å². The van der Waals surface area contributed by atoms with Crippen molar-refractivity contribution in [2.24, 2.45) is 9.98 Å². The molecule has 119 heavy (non-hydrogen) atoms. The second-order valence-electron chi connectivity index (χ2n) is 34.2. The van der Waals surface area contributed by atoms with Gasteiger partial charge in [0, 0.05) is 104 Å². The summed E-state index contributed by atoms with van der Waals surface area (Å²) >= 11 is 3.27. The Labute approximate surface area is 716 Å². The van der Waals surface area contributed by atoms with Crippen molar-refractivity contribution in [2.75, 3.05) is 0 Å². The minimum atomic E-state index is -0.249. The van der Waals surface area contributed by atoms with E-state index in [2.05, 4.69) is 244 Å². The van der Waals surface area contributed by atoms with Crippen LogP contribution in [0.2, 0.25) is 0 Å². The van der Waals surface area contributed by atoms with Gasteiger partial charge in [-0.15, -0.1) is 40.9 Å². The molecular formula is C106H85N6O4PtS2-. The molecule has 0 atom stereocenters. The van der Waals surface area contributed by atoms with E-state index in [9.17, 15) is 10.2 Å². The molecule has 0 saturated carbocycles. The molecule has 2 N–H and O–H groups in total. The van der Waals surface area contributed by atoms with Crippen LogP contribution in [0.5, 0.6) is 11.5 Å². The summed E-state index contributed by atoms with van der Waals surface area (Å²) in [5.74, 6) is 0.514. The third-order valence-electron chi connectivity index (χ3n) is 22.0. The molecule has 4 aromatic heterocycles. The van der Waals surface area contributed by atoms with Gasteiger partial charge in [-0.1, -0.05) is 294 Å². The number of para-hydroxylation sites is 5. The topological polar surface area (TPSA) is 126 Å². The van der Waals surface area contributed by atoms with Crippen molar-refractivity contribution in [1.29, 1.82) is 0 Å². The second kappa shape index (κ2) is 31.8. The molecule has 13 heteroatoms. The van der Waals surface area contributed by atoms with Gasteiger partial charge >= 0.3 is 0 Å². The van der Waals surface area contributed by atoms with Gasteiger partial charge in [-0.05, 0) is 144 Å². The van der Waals surface area contributed by atoms with E-state index in [4.69, 9.17) is 41.9 Å². The zero-order valence-corrected chi connectivity index (χ0v) is 72.1. The number of aromatic hydroxyl groups is 2. The molecule has 10 nitrogen and oxygen atoms in total. The molecular weight excluding hydrogens is 1680 g/mol. The first-order valence-corrected chi connectivity index (χ1v) is 41.2. The summed E-state index contributed by atoms with van der Waals surface area (Å²) in [5, 5.41) is 29.0. The van der Waals surface area contributed by atoms with Crippen LogP contribution in [0.1, 0.15) is 116 Å². The molecule has 0 fully saturated rings. The number of rotatable bonds is 12. The summed E-state index contributed by atoms with van der Waals surface area (Å²) in [6.07, 6.45) is 3.58. The largest absolute Gasteiger partial charge is 0.507 e. The Kier molecular flexibility index (Phi) is 21.4. The Morgan fingerprint density at radius 1 is 0.370 bits per heavy atom. The fraction of sp³-hybridized carbons (Fsp3) is 0.151. The third kappa shape index (κ3) is 15.9. The fourth-order valence-electron chi connectivity index (χ4n) is 15.4. The predicted molar refractivity (Wildman–Crippen MR) is 494 cm³/mol. The summed E-state index contributed by atoms with van der Waals surface area (Å²) in [6.45, 7) is 40.5. The molecule has 0 aliphatic rings. The van der Waals surface area contributed by atoms with Gasteiger partial charge in [0.15, 0.2) is 11.4 Å². The Hall–Kier alpha value is -12.9. The van der Waals surface area contributed by atoms with Crippen LogP contribution in [0.3, 0.4) is 0 Å². The van der Waals surface area contributed by atoms with Gasteiger partial charge in [-0.25, -0.2) is 19.7 Å². The number of aromatic nitrogens is 2. The Bertz CT molecular complexity index is 6700. The number of phenolic OH excluding ortho intramolecular Hbond substituents is 2. The summed E-state index contributed by atoms with van der Waals surface area (Å²) in [7, 11) is 0. The van der Waals surface area contributed by atoms with Crippen LogP contribution in [-0.2, 0) is 42.7 Å². The van der Waals surface area contributed by atoms with Gasteiger partial charge in [-0.2, -0.15) is 0 Å². The number of hydrogen-bond acceptors (Lipinski definition) is 10. The summed E-state index contributed by atoms with van der Waals surface area (Å²) in [4.78, 5) is 27.9. The van der Waals surface area contributed by atoms with Crippen molar-refractivity contribution >= 4 is 122 Å². The molecule has 0 spiro atoms. The SMILES string of the molecule is [C-]#[N+]c1ccc(-c2ccc(-c3cc(-c4[c-]ccc5c4oc4ccccc45)c4nc(-c5ccccc5N=Cc5cc(C(C)(C)C)cc(C(C)(C)C)c5O)sc4c3)cc2)cc1.[C-]#[N+]c1ccc(-c2ccc(-c3cc(-c4cccc5c4oc4ccccc45)c4nc(-c5ccccc5N=Cc5cc(C(C)(C)C)cc(C(C)(C)C)c5O)sc4c3)cc2)cc1.[Pt]. The van der Waals surface area contributed by atoms with Crippen LogP contribution in [0, 0.1) is 19.2 Å². The molecule has 0 aliphatic carbocycles. The van der Waals surface area contributed by atoms with Crippen molar-refractivity contribution in [3.8, 4) is 99.4 Å².